The Morgan fingerprint density at radius 1 is 1.29 bits per heavy atom. The predicted molar refractivity (Wildman–Crippen MR) is 138 cm³/mol. The molecule has 0 spiro atoms. The van der Waals surface area contributed by atoms with Crippen molar-refractivity contribution in [3.05, 3.63) is 58.0 Å². The van der Waals surface area contributed by atoms with Crippen LogP contribution in [0.5, 0.6) is 11.6 Å². The number of nitrogens with one attached hydrogen (secondary N) is 2. The van der Waals surface area contributed by atoms with Crippen LogP contribution in [0.2, 0.25) is 0 Å². The van der Waals surface area contributed by atoms with E-state index in [1.54, 1.807) is 45.6 Å². The molecule has 8 nitrogen and oxygen atoms in total. The van der Waals surface area contributed by atoms with Gasteiger partial charge in [-0.15, -0.1) is 11.3 Å². The molecule has 4 aromatic rings. The topological polar surface area (TPSA) is 106 Å². The fourth-order valence-electron chi connectivity index (χ4n) is 3.61. The molecule has 0 aromatic carbocycles. The number of fused-ring (bicyclic) bond motifs is 1. The van der Waals surface area contributed by atoms with Crippen molar-refractivity contribution in [3.8, 4) is 22.1 Å². The number of hydrogen-bond donors (Lipinski definition) is 2. The van der Waals surface area contributed by atoms with E-state index in [0.29, 0.717) is 31.8 Å². The lowest BCUT2D eigenvalue weighted by Gasteiger charge is -2.10. The lowest BCUT2D eigenvalue weighted by molar-refractivity contribution is 0.0939. The highest BCUT2D eigenvalue weighted by Crippen LogP contribution is 2.47. The zero-order valence-corrected chi connectivity index (χ0v) is 21.9. The van der Waals surface area contributed by atoms with Crippen molar-refractivity contribution in [1.82, 2.24) is 19.9 Å². The highest BCUT2D eigenvalue weighted by atomic mass is 32.1. The Morgan fingerprint density at radius 3 is 2.63 bits per heavy atom. The van der Waals surface area contributed by atoms with Crippen LogP contribution in [0.3, 0.4) is 0 Å². The summed E-state index contributed by atoms with van der Waals surface area (Å²) in [6, 6.07) is 4.56. The van der Waals surface area contributed by atoms with Gasteiger partial charge >= 0.3 is 0 Å². The molecule has 4 heterocycles. The van der Waals surface area contributed by atoms with Gasteiger partial charge in [0.15, 0.2) is 0 Å². The fraction of sp³-hybridized carbons (Fsp3) is 0.292. The molecule has 2 N–H and O–H groups in total. The Hall–Kier alpha value is -3.23. The van der Waals surface area contributed by atoms with Crippen LogP contribution in [-0.2, 0) is 11.6 Å². The quantitative estimate of drug-likeness (QED) is 0.364. The minimum atomic E-state index is -2.66. The lowest BCUT2D eigenvalue weighted by atomic mass is 10.1. The zero-order valence-electron chi connectivity index (χ0n) is 20.2. The van der Waals surface area contributed by atoms with E-state index in [4.69, 9.17) is 4.74 Å². The van der Waals surface area contributed by atoms with Crippen molar-refractivity contribution in [2.45, 2.75) is 26.8 Å². The average Bonchev–Trinajstić information content (AvgIpc) is 3.37. The van der Waals surface area contributed by atoms with Gasteiger partial charge < -0.3 is 24.2 Å². The molecule has 4 rings (SSSR count). The number of pyridine rings is 2. The molecule has 11 heteroatoms. The van der Waals surface area contributed by atoms with Crippen LogP contribution in [0.15, 0.2) is 35.4 Å². The minimum absolute atomic E-state index is 0.0780. The van der Waals surface area contributed by atoms with Gasteiger partial charge in [-0.05, 0) is 46.2 Å². The number of aromatic nitrogens is 3. The van der Waals surface area contributed by atoms with Crippen LogP contribution in [0.1, 0.15) is 29.9 Å². The number of aryl methyl sites for hydroxylation is 2. The van der Waals surface area contributed by atoms with E-state index in [2.05, 4.69) is 15.3 Å². The first-order valence-electron chi connectivity index (χ1n) is 10.9. The summed E-state index contributed by atoms with van der Waals surface area (Å²) < 4.78 is 34.6. The summed E-state index contributed by atoms with van der Waals surface area (Å²) in [6.45, 7) is 8.70. The molecule has 0 bridgehead atoms. The van der Waals surface area contributed by atoms with Crippen molar-refractivity contribution in [2.75, 3.05) is 13.3 Å². The first-order chi connectivity index (χ1) is 16.3. The number of ether oxygens (including phenoxy) is 1. The molecule has 0 saturated heterocycles. The molecule has 0 unspecified atom stereocenters. The summed E-state index contributed by atoms with van der Waals surface area (Å²) in [5, 5.41) is 3.35. The number of H-pyrrole nitrogens is 1. The van der Waals surface area contributed by atoms with E-state index in [1.807, 2.05) is 13.8 Å². The van der Waals surface area contributed by atoms with E-state index < -0.39 is 13.0 Å². The van der Waals surface area contributed by atoms with Gasteiger partial charge in [0.05, 0.1) is 15.7 Å². The minimum Gasteiger partial charge on any atom is -0.437 e. The Bertz CT molecular complexity index is 1560. The van der Waals surface area contributed by atoms with Crippen molar-refractivity contribution in [3.63, 3.8) is 0 Å². The maximum absolute atomic E-state index is 13.6. The van der Waals surface area contributed by atoms with Gasteiger partial charge in [-0.1, -0.05) is 0 Å². The monoisotopic (exact) mass is 516 g/mol. The van der Waals surface area contributed by atoms with Gasteiger partial charge in [0.1, 0.15) is 29.9 Å². The molecule has 35 heavy (non-hydrogen) atoms. The second-order valence-electron chi connectivity index (χ2n) is 9.07. The van der Waals surface area contributed by atoms with Gasteiger partial charge in [0, 0.05) is 41.9 Å². The maximum Gasteiger partial charge on any atom is 0.274 e. The van der Waals surface area contributed by atoms with Crippen LogP contribution >= 0.6 is 18.5 Å². The molecule has 0 aliphatic carbocycles. The molecule has 0 aliphatic heterocycles. The maximum atomic E-state index is 13.6. The summed E-state index contributed by atoms with van der Waals surface area (Å²) >= 11 is 1.29. The number of halogens is 1. The van der Waals surface area contributed by atoms with Crippen LogP contribution in [0.25, 0.3) is 21.3 Å². The standard InChI is InChI=1S/C24H26FN4O4PS/c1-12(2)27-22(30)17-8-15-16(11-29(4)24(31)20(15)28-17)21-18(9-19(35-21)34(5,6)32)33-23-13(3)7-14(25)10-26-23/h7-12,28H,1-6H3,(H,27,30). The first-order valence-corrected chi connectivity index (χ1v) is 14.3. The van der Waals surface area contributed by atoms with Gasteiger partial charge in [-0.25, -0.2) is 9.37 Å². The number of nitrogens with zero attached hydrogens (tertiary/aromatic N) is 2. The lowest BCUT2D eigenvalue weighted by Crippen LogP contribution is -2.30. The van der Waals surface area contributed by atoms with Gasteiger partial charge in [0.2, 0.25) is 5.88 Å². The molecular formula is C24H26FN4O4PS. The molecule has 0 radical (unpaired) electrons. The first kappa shape index (κ1) is 24.9. The van der Waals surface area contributed by atoms with E-state index in [1.165, 1.54) is 22.0 Å². The van der Waals surface area contributed by atoms with Crippen molar-refractivity contribution < 1.29 is 18.5 Å². The molecule has 1 amide bonds. The number of thiophene rings is 1. The van der Waals surface area contributed by atoms with E-state index in [0.717, 1.165) is 6.20 Å². The zero-order chi connectivity index (χ0) is 25.7. The van der Waals surface area contributed by atoms with Gasteiger partial charge in [-0.3, -0.25) is 9.59 Å². The number of amides is 1. The van der Waals surface area contributed by atoms with Gasteiger partial charge in [0.25, 0.3) is 11.5 Å². The largest absolute Gasteiger partial charge is 0.437 e. The van der Waals surface area contributed by atoms with Crippen LogP contribution in [-0.4, -0.2) is 39.8 Å². The number of carbonyl (C=O) groups excluding carboxylic acids is 1. The Balaban J connectivity index is 1.94. The smallest absolute Gasteiger partial charge is 0.274 e. The fourth-order valence-corrected chi connectivity index (χ4v) is 6.04. The Kier molecular flexibility index (Phi) is 6.46. The molecule has 0 aliphatic rings. The van der Waals surface area contributed by atoms with E-state index >= 15 is 0 Å². The summed E-state index contributed by atoms with van der Waals surface area (Å²) in [6.07, 6.45) is 2.72. The Labute approximate surface area is 205 Å². The Morgan fingerprint density at radius 2 is 2.00 bits per heavy atom. The highest BCUT2D eigenvalue weighted by molar-refractivity contribution is 7.75. The normalized spacial score (nSPS) is 11.9. The third-order valence-corrected chi connectivity index (χ3v) is 9.03. The van der Waals surface area contributed by atoms with Crippen molar-refractivity contribution in [1.29, 1.82) is 0 Å². The summed E-state index contributed by atoms with van der Waals surface area (Å²) in [4.78, 5) is 33.1. The van der Waals surface area contributed by atoms with Crippen molar-refractivity contribution >= 4 is 39.9 Å². The number of hydrogen-bond acceptors (Lipinski definition) is 6. The second kappa shape index (κ2) is 9.09. The van der Waals surface area contributed by atoms with Gasteiger partial charge in [-0.2, -0.15) is 0 Å². The van der Waals surface area contributed by atoms with Crippen LogP contribution < -0.4 is 20.2 Å². The van der Waals surface area contributed by atoms with E-state index in [9.17, 15) is 18.5 Å². The van der Waals surface area contributed by atoms with E-state index in [-0.39, 0.29) is 34.6 Å². The molecule has 4 aromatic heterocycles. The third-order valence-electron chi connectivity index (χ3n) is 5.29. The van der Waals surface area contributed by atoms with Crippen LogP contribution in [0.4, 0.5) is 4.39 Å². The van der Waals surface area contributed by atoms with Crippen LogP contribution in [0, 0.1) is 12.7 Å². The average molecular weight is 517 g/mol. The molecule has 0 atom stereocenters. The summed E-state index contributed by atoms with van der Waals surface area (Å²) in [5.41, 5.74) is 1.36. The molecule has 0 saturated carbocycles. The number of aromatic amines is 1. The molecular weight excluding hydrogens is 490 g/mol. The molecule has 184 valence electrons. The third kappa shape index (κ3) is 4.94. The second-order valence-corrected chi connectivity index (χ2v) is 13.6. The summed E-state index contributed by atoms with van der Waals surface area (Å²) in [7, 11) is -1.04. The highest BCUT2D eigenvalue weighted by Gasteiger charge is 2.25. The summed E-state index contributed by atoms with van der Waals surface area (Å²) in [5.74, 6) is -0.214. The number of rotatable bonds is 6. The SMILES string of the molecule is Cc1cc(F)cnc1Oc1cc(P(C)(C)=O)sc1-c1cn(C)c(=O)c2[nH]c(C(=O)NC(C)C)cc12. The molecule has 0 fully saturated rings. The number of carbonyl (C=O) groups is 1. The van der Waals surface area contributed by atoms with Crippen molar-refractivity contribution in [2.24, 2.45) is 7.05 Å². The predicted octanol–water partition coefficient (Wildman–Crippen LogP) is 4.62.